The molecule has 1 N–H and O–H groups in total. The van der Waals surface area contributed by atoms with Crippen molar-refractivity contribution in [2.45, 2.75) is 30.0 Å². The van der Waals surface area contributed by atoms with Crippen LogP contribution in [0.2, 0.25) is 0 Å². The van der Waals surface area contributed by atoms with Crippen molar-refractivity contribution in [2.24, 2.45) is 0 Å². The summed E-state index contributed by atoms with van der Waals surface area (Å²) in [6, 6.07) is 8.22. The maximum atomic E-state index is 12.3. The van der Waals surface area contributed by atoms with E-state index >= 15 is 0 Å². The van der Waals surface area contributed by atoms with Crippen LogP contribution >= 0.6 is 11.8 Å². The van der Waals surface area contributed by atoms with Gasteiger partial charge in [-0.3, -0.25) is 4.79 Å². The zero-order chi connectivity index (χ0) is 14.5. The molecule has 5 heteroatoms. The van der Waals surface area contributed by atoms with Gasteiger partial charge in [-0.15, -0.1) is 11.8 Å². The Morgan fingerprint density at radius 1 is 1.45 bits per heavy atom. The van der Waals surface area contributed by atoms with Crippen LogP contribution < -0.4 is 5.32 Å². The van der Waals surface area contributed by atoms with E-state index in [1.54, 1.807) is 23.8 Å². The molecule has 2 rings (SSSR count). The van der Waals surface area contributed by atoms with Gasteiger partial charge in [0.15, 0.2) is 0 Å². The lowest BCUT2D eigenvalue weighted by atomic mass is 10.1. The SMILES string of the molecule is COC1CNC(C(=O)N(C)Cc2ccc(SC)cc2)C1. The monoisotopic (exact) mass is 294 g/mol. The molecule has 1 aliphatic heterocycles. The molecule has 1 aromatic carbocycles. The minimum Gasteiger partial charge on any atom is -0.380 e. The van der Waals surface area contributed by atoms with Gasteiger partial charge in [-0.05, 0) is 30.4 Å². The number of hydrogen-bond acceptors (Lipinski definition) is 4. The van der Waals surface area contributed by atoms with E-state index in [0.717, 1.165) is 18.5 Å². The maximum absolute atomic E-state index is 12.3. The van der Waals surface area contributed by atoms with Gasteiger partial charge < -0.3 is 15.0 Å². The summed E-state index contributed by atoms with van der Waals surface area (Å²) in [6.45, 7) is 1.40. The van der Waals surface area contributed by atoms with Crippen molar-refractivity contribution in [2.75, 3.05) is 27.0 Å². The molecule has 4 nitrogen and oxygen atoms in total. The molecule has 0 spiro atoms. The average molecular weight is 294 g/mol. The maximum Gasteiger partial charge on any atom is 0.239 e. The van der Waals surface area contributed by atoms with Crippen LogP contribution in [0.15, 0.2) is 29.2 Å². The minimum absolute atomic E-state index is 0.115. The Balaban J connectivity index is 1.90. The number of amides is 1. The predicted octanol–water partition coefficient (Wildman–Crippen LogP) is 1.74. The Bertz CT molecular complexity index is 450. The van der Waals surface area contributed by atoms with Crippen molar-refractivity contribution in [1.82, 2.24) is 10.2 Å². The van der Waals surface area contributed by atoms with Gasteiger partial charge in [0, 0.05) is 32.1 Å². The molecule has 2 atom stereocenters. The minimum atomic E-state index is -0.115. The quantitative estimate of drug-likeness (QED) is 0.840. The summed E-state index contributed by atoms with van der Waals surface area (Å²) in [5, 5.41) is 3.22. The summed E-state index contributed by atoms with van der Waals surface area (Å²) in [5.74, 6) is 0.137. The Labute approximate surface area is 124 Å². The molecule has 20 heavy (non-hydrogen) atoms. The summed E-state index contributed by atoms with van der Waals surface area (Å²) in [6.07, 6.45) is 2.96. The van der Waals surface area contributed by atoms with Crippen LogP contribution in [0.25, 0.3) is 0 Å². The Morgan fingerprint density at radius 2 is 2.15 bits per heavy atom. The number of nitrogens with one attached hydrogen (secondary N) is 1. The van der Waals surface area contributed by atoms with Gasteiger partial charge in [-0.1, -0.05) is 12.1 Å². The Hall–Kier alpha value is -1.04. The van der Waals surface area contributed by atoms with Crippen LogP contribution in [0, 0.1) is 0 Å². The third-order valence-electron chi connectivity index (χ3n) is 3.68. The first-order valence-corrected chi connectivity index (χ1v) is 8.00. The number of likely N-dealkylation sites (N-methyl/N-ethyl adjacent to an activating group) is 1. The fourth-order valence-electron chi connectivity index (χ4n) is 2.42. The zero-order valence-corrected chi connectivity index (χ0v) is 13.1. The van der Waals surface area contributed by atoms with Crippen molar-refractivity contribution in [1.29, 1.82) is 0 Å². The third-order valence-corrected chi connectivity index (χ3v) is 4.42. The van der Waals surface area contributed by atoms with Crippen molar-refractivity contribution >= 4 is 17.7 Å². The van der Waals surface area contributed by atoms with Crippen LogP contribution in [0.4, 0.5) is 0 Å². The highest BCUT2D eigenvalue weighted by molar-refractivity contribution is 7.98. The molecule has 1 aromatic rings. The van der Waals surface area contributed by atoms with Crippen LogP contribution in [0.5, 0.6) is 0 Å². The van der Waals surface area contributed by atoms with E-state index in [4.69, 9.17) is 4.74 Å². The van der Waals surface area contributed by atoms with Crippen LogP contribution in [-0.2, 0) is 16.1 Å². The molecule has 0 saturated carbocycles. The van der Waals surface area contributed by atoms with Crippen molar-refractivity contribution < 1.29 is 9.53 Å². The second-order valence-electron chi connectivity index (χ2n) is 5.10. The molecule has 0 bridgehead atoms. The molecule has 2 unspecified atom stereocenters. The predicted molar refractivity (Wildman–Crippen MR) is 81.9 cm³/mol. The number of methoxy groups -OCH3 is 1. The van der Waals surface area contributed by atoms with E-state index in [1.165, 1.54) is 4.90 Å². The van der Waals surface area contributed by atoms with Crippen LogP contribution in [-0.4, -0.2) is 49.9 Å². The first-order chi connectivity index (χ1) is 9.63. The van der Waals surface area contributed by atoms with Gasteiger partial charge in [0.05, 0.1) is 12.1 Å². The lowest BCUT2D eigenvalue weighted by Gasteiger charge is -2.21. The fraction of sp³-hybridized carbons (Fsp3) is 0.533. The topological polar surface area (TPSA) is 41.6 Å². The highest BCUT2D eigenvalue weighted by Crippen LogP contribution is 2.17. The number of nitrogens with zero attached hydrogens (tertiary/aromatic N) is 1. The molecule has 1 saturated heterocycles. The normalized spacial score (nSPS) is 21.9. The first kappa shape index (κ1) is 15.4. The molecule has 1 heterocycles. The molecule has 1 aliphatic rings. The Morgan fingerprint density at radius 3 is 2.70 bits per heavy atom. The van der Waals surface area contributed by atoms with E-state index in [1.807, 2.05) is 7.05 Å². The van der Waals surface area contributed by atoms with E-state index in [9.17, 15) is 4.79 Å². The standard InChI is InChI=1S/C15H22N2O2S/c1-17(10-11-4-6-13(20-3)7-5-11)15(18)14-8-12(19-2)9-16-14/h4-7,12,14,16H,8-10H2,1-3H3. The molecular weight excluding hydrogens is 272 g/mol. The van der Waals surface area contributed by atoms with Gasteiger partial charge in [0.2, 0.25) is 5.91 Å². The van der Waals surface area contributed by atoms with E-state index in [2.05, 4.69) is 35.8 Å². The molecule has 110 valence electrons. The van der Waals surface area contributed by atoms with Gasteiger partial charge in [0.1, 0.15) is 0 Å². The number of ether oxygens (including phenoxy) is 1. The average Bonchev–Trinajstić information content (AvgIpc) is 2.96. The first-order valence-electron chi connectivity index (χ1n) is 6.78. The lowest BCUT2D eigenvalue weighted by molar-refractivity contribution is -0.132. The number of carbonyl (C=O) groups excluding carboxylic acids is 1. The highest BCUT2D eigenvalue weighted by Gasteiger charge is 2.31. The second kappa shape index (κ2) is 7.11. The summed E-state index contributed by atoms with van der Waals surface area (Å²) in [4.78, 5) is 15.4. The highest BCUT2D eigenvalue weighted by atomic mass is 32.2. The van der Waals surface area contributed by atoms with Crippen molar-refractivity contribution in [3.63, 3.8) is 0 Å². The van der Waals surface area contributed by atoms with E-state index in [-0.39, 0.29) is 18.1 Å². The molecule has 1 amide bonds. The Kier molecular flexibility index (Phi) is 5.46. The van der Waals surface area contributed by atoms with Crippen molar-refractivity contribution in [3.8, 4) is 0 Å². The molecule has 1 fully saturated rings. The number of benzene rings is 1. The molecular formula is C15H22N2O2S. The largest absolute Gasteiger partial charge is 0.380 e. The molecule has 0 radical (unpaired) electrons. The van der Waals surface area contributed by atoms with Gasteiger partial charge >= 0.3 is 0 Å². The summed E-state index contributed by atoms with van der Waals surface area (Å²) < 4.78 is 5.28. The molecule has 0 aromatic heterocycles. The van der Waals surface area contributed by atoms with E-state index in [0.29, 0.717) is 6.54 Å². The lowest BCUT2D eigenvalue weighted by Crippen LogP contribution is -2.41. The summed E-state index contributed by atoms with van der Waals surface area (Å²) in [7, 11) is 3.54. The van der Waals surface area contributed by atoms with Gasteiger partial charge in [0.25, 0.3) is 0 Å². The fourth-order valence-corrected chi connectivity index (χ4v) is 2.83. The van der Waals surface area contributed by atoms with E-state index < -0.39 is 0 Å². The van der Waals surface area contributed by atoms with Crippen molar-refractivity contribution in [3.05, 3.63) is 29.8 Å². The van der Waals surface area contributed by atoms with Gasteiger partial charge in [-0.2, -0.15) is 0 Å². The van der Waals surface area contributed by atoms with Crippen LogP contribution in [0.3, 0.4) is 0 Å². The summed E-state index contributed by atoms with van der Waals surface area (Å²) >= 11 is 1.72. The molecule has 0 aliphatic carbocycles. The zero-order valence-electron chi connectivity index (χ0n) is 12.3. The van der Waals surface area contributed by atoms with Crippen LogP contribution in [0.1, 0.15) is 12.0 Å². The second-order valence-corrected chi connectivity index (χ2v) is 5.98. The smallest absolute Gasteiger partial charge is 0.239 e. The number of carbonyl (C=O) groups is 1. The third kappa shape index (κ3) is 3.75. The van der Waals surface area contributed by atoms with Gasteiger partial charge in [-0.25, -0.2) is 0 Å². The number of rotatable bonds is 5. The summed E-state index contributed by atoms with van der Waals surface area (Å²) in [5.41, 5.74) is 1.15. The number of hydrogen-bond donors (Lipinski definition) is 1. The number of thioether (sulfide) groups is 1.